The van der Waals surface area contributed by atoms with Crippen LogP contribution in [0.5, 0.6) is 0 Å². The Hall–Kier alpha value is -2.04. The van der Waals surface area contributed by atoms with Gasteiger partial charge in [-0.3, -0.25) is 9.79 Å². The van der Waals surface area contributed by atoms with Crippen LogP contribution in [0.1, 0.15) is 52.0 Å². The number of rotatable bonds is 9. The number of hydrogen-bond donors (Lipinski definition) is 3. The van der Waals surface area contributed by atoms with Crippen molar-refractivity contribution in [3.05, 3.63) is 35.9 Å². The van der Waals surface area contributed by atoms with Crippen molar-refractivity contribution in [2.45, 2.75) is 57.9 Å². The minimum atomic E-state index is -0.0201. The van der Waals surface area contributed by atoms with Gasteiger partial charge in [0.05, 0.1) is 6.54 Å². The maximum atomic E-state index is 11.7. The van der Waals surface area contributed by atoms with Gasteiger partial charge in [0.25, 0.3) is 0 Å². The Labute approximate surface area is 151 Å². The molecule has 3 N–H and O–H groups in total. The van der Waals surface area contributed by atoms with Crippen LogP contribution in [-0.4, -0.2) is 37.5 Å². The second-order valence-electron chi connectivity index (χ2n) is 7.32. The van der Waals surface area contributed by atoms with Crippen molar-refractivity contribution in [3.8, 4) is 0 Å². The number of guanidine groups is 1. The molecule has 5 heteroatoms. The SMILES string of the molecule is CCNC(=NCC(C)(C)c1ccccc1)NCCCC(=O)NC1CC1. The van der Waals surface area contributed by atoms with Crippen LogP contribution in [0.3, 0.4) is 0 Å². The lowest BCUT2D eigenvalue weighted by molar-refractivity contribution is -0.121. The summed E-state index contributed by atoms with van der Waals surface area (Å²) < 4.78 is 0. The summed E-state index contributed by atoms with van der Waals surface area (Å²) in [5, 5.41) is 9.62. The molecule has 1 aromatic carbocycles. The van der Waals surface area contributed by atoms with Crippen LogP contribution >= 0.6 is 0 Å². The van der Waals surface area contributed by atoms with E-state index in [2.05, 4.69) is 61.0 Å². The van der Waals surface area contributed by atoms with Gasteiger partial charge < -0.3 is 16.0 Å². The zero-order valence-electron chi connectivity index (χ0n) is 15.8. The Morgan fingerprint density at radius 2 is 1.92 bits per heavy atom. The van der Waals surface area contributed by atoms with Crippen molar-refractivity contribution in [2.75, 3.05) is 19.6 Å². The van der Waals surface area contributed by atoms with Crippen LogP contribution in [0, 0.1) is 0 Å². The summed E-state index contributed by atoms with van der Waals surface area (Å²) in [5.74, 6) is 0.977. The lowest BCUT2D eigenvalue weighted by atomic mass is 9.85. The van der Waals surface area contributed by atoms with Gasteiger partial charge in [-0.05, 0) is 31.7 Å². The van der Waals surface area contributed by atoms with E-state index in [9.17, 15) is 4.79 Å². The molecule has 0 spiro atoms. The van der Waals surface area contributed by atoms with E-state index in [0.29, 0.717) is 19.0 Å². The molecule has 138 valence electrons. The van der Waals surface area contributed by atoms with E-state index in [4.69, 9.17) is 4.99 Å². The maximum absolute atomic E-state index is 11.7. The first-order chi connectivity index (χ1) is 12.0. The number of carbonyl (C=O) groups excluding carboxylic acids is 1. The first-order valence-electron chi connectivity index (χ1n) is 9.38. The second-order valence-corrected chi connectivity index (χ2v) is 7.32. The third-order valence-corrected chi connectivity index (χ3v) is 4.35. The lowest BCUT2D eigenvalue weighted by Crippen LogP contribution is -2.39. The zero-order chi connectivity index (χ0) is 18.1. The van der Waals surface area contributed by atoms with Crippen molar-refractivity contribution in [1.29, 1.82) is 0 Å². The predicted octanol–water partition coefficient (Wildman–Crippen LogP) is 2.58. The number of nitrogens with zero attached hydrogens (tertiary/aromatic N) is 1. The number of hydrogen-bond acceptors (Lipinski definition) is 2. The van der Waals surface area contributed by atoms with Crippen LogP contribution in [0.2, 0.25) is 0 Å². The van der Waals surface area contributed by atoms with E-state index in [0.717, 1.165) is 38.3 Å². The molecule has 1 aliphatic rings. The molecular weight excluding hydrogens is 312 g/mol. The summed E-state index contributed by atoms with van der Waals surface area (Å²) in [5.41, 5.74) is 1.26. The summed E-state index contributed by atoms with van der Waals surface area (Å²) in [7, 11) is 0. The summed E-state index contributed by atoms with van der Waals surface area (Å²) in [4.78, 5) is 16.4. The van der Waals surface area contributed by atoms with Gasteiger partial charge in [-0.1, -0.05) is 44.2 Å². The highest BCUT2D eigenvalue weighted by molar-refractivity contribution is 5.80. The fraction of sp³-hybridized carbons (Fsp3) is 0.600. The molecule has 0 unspecified atom stereocenters. The van der Waals surface area contributed by atoms with Crippen molar-refractivity contribution in [1.82, 2.24) is 16.0 Å². The lowest BCUT2D eigenvalue weighted by Gasteiger charge is -2.24. The molecular formula is C20H32N4O. The molecule has 1 amide bonds. The number of carbonyl (C=O) groups is 1. The predicted molar refractivity (Wildman–Crippen MR) is 104 cm³/mol. The molecule has 0 radical (unpaired) electrons. The van der Waals surface area contributed by atoms with Gasteiger partial charge in [-0.25, -0.2) is 0 Å². The fourth-order valence-corrected chi connectivity index (χ4v) is 2.58. The summed E-state index contributed by atoms with van der Waals surface area (Å²) in [6.45, 7) is 8.74. The van der Waals surface area contributed by atoms with Gasteiger partial charge in [-0.2, -0.15) is 0 Å². The Bertz CT molecular complexity index is 564. The zero-order valence-corrected chi connectivity index (χ0v) is 15.8. The van der Waals surface area contributed by atoms with E-state index in [1.165, 1.54) is 5.56 Å². The molecule has 0 heterocycles. The van der Waals surface area contributed by atoms with Crippen LogP contribution in [0.15, 0.2) is 35.3 Å². The molecule has 0 bridgehead atoms. The third-order valence-electron chi connectivity index (χ3n) is 4.35. The highest BCUT2D eigenvalue weighted by atomic mass is 16.1. The molecule has 2 rings (SSSR count). The summed E-state index contributed by atoms with van der Waals surface area (Å²) in [6.07, 6.45) is 3.65. The third kappa shape index (κ3) is 7.16. The van der Waals surface area contributed by atoms with E-state index < -0.39 is 0 Å². The van der Waals surface area contributed by atoms with Crippen molar-refractivity contribution in [3.63, 3.8) is 0 Å². The van der Waals surface area contributed by atoms with Crippen LogP contribution < -0.4 is 16.0 Å². The highest BCUT2D eigenvalue weighted by Crippen LogP contribution is 2.23. The van der Waals surface area contributed by atoms with Gasteiger partial charge in [-0.15, -0.1) is 0 Å². The maximum Gasteiger partial charge on any atom is 0.220 e. The van der Waals surface area contributed by atoms with Gasteiger partial charge >= 0.3 is 0 Å². The molecule has 25 heavy (non-hydrogen) atoms. The molecule has 0 aliphatic heterocycles. The quantitative estimate of drug-likeness (QED) is 0.366. The molecule has 1 aromatic rings. The normalized spacial score (nSPS) is 14.9. The molecule has 0 saturated heterocycles. The van der Waals surface area contributed by atoms with E-state index in [1.807, 2.05) is 6.07 Å². The van der Waals surface area contributed by atoms with Gasteiger partial charge in [0, 0.05) is 31.0 Å². The van der Waals surface area contributed by atoms with Crippen LogP contribution in [0.25, 0.3) is 0 Å². The minimum Gasteiger partial charge on any atom is -0.357 e. The molecule has 1 saturated carbocycles. The summed E-state index contributed by atoms with van der Waals surface area (Å²) >= 11 is 0. The smallest absolute Gasteiger partial charge is 0.220 e. The van der Waals surface area contributed by atoms with Gasteiger partial charge in [0.2, 0.25) is 5.91 Å². The topological polar surface area (TPSA) is 65.5 Å². The number of nitrogens with one attached hydrogen (secondary N) is 3. The van der Waals surface area contributed by atoms with E-state index in [-0.39, 0.29) is 11.3 Å². The summed E-state index contributed by atoms with van der Waals surface area (Å²) in [6, 6.07) is 10.9. The van der Waals surface area contributed by atoms with Crippen LogP contribution in [0.4, 0.5) is 0 Å². The average Bonchev–Trinajstić information content (AvgIpc) is 3.41. The highest BCUT2D eigenvalue weighted by Gasteiger charge is 2.22. The van der Waals surface area contributed by atoms with Crippen molar-refractivity contribution < 1.29 is 4.79 Å². The second kappa shape index (κ2) is 9.44. The van der Waals surface area contributed by atoms with Crippen molar-refractivity contribution in [2.24, 2.45) is 4.99 Å². The molecule has 5 nitrogen and oxygen atoms in total. The Kier molecular flexibility index (Phi) is 7.29. The van der Waals surface area contributed by atoms with E-state index in [1.54, 1.807) is 0 Å². The number of amides is 1. The monoisotopic (exact) mass is 344 g/mol. The van der Waals surface area contributed by atoms with Crippen molar-refractivity contribution >= 4 is 11.9 Å². The van der Waals surface area contributed by atoms with Gasteiger partial charge in [0.1, 0.15) is 0 Å². The fourth-order valence-electron chi connectivity index (χ4n) is 2.58. The number of benzene rings is 1. The first kappa shape index (κ1) is 19.3. The molecule has 1 fully saturated rings. The Morgan fingerprint density at radius 3 is 2.56 bits per heavy atom. The largest absolute Gasteiger partial charge is 0.357 e. The van der Waals surface area contributed by atoms with Gasteiger partial charge in [0.15, 0.2) is 5.96 Å². The minimum absolute atomic E-state index is 0.0201. The Balaban J connectivity index is 1.77. The Morgan fingerprint density at radius 1 is 1.20 bits per heavy atom. The van der Waals surface area contributed by atoms with E-state index >= 15 is 0 Å². The first-order valence-corrected chi connectivity index (χ1v) is 9.38. The average molecular weight is 345 g/mol. The molecule has 1 aliphatic carbocycles. The molecule has 0 aromatic heterocycles. The molecule has 0 atom stereocenters. The number of aliphatic imine (C=N–C) groups is 1. The standard InChI is InChI=1S/C20H32N4O/c1-4-21-19(22-14-8-11-18(25)24-17-12-13-17)23-15-20(2,3)16-9-6-5-7-10-16/h5-7,9-10,17H,4,8,11-15H2,1-3H3,(H,24,25)(H2,21,22,23). The van der Waals surface area contributed by atoms with Crippen LogP contribution in [-0.2, 0) is 10.2 Å².